The topological polar surface area (TPSA) is 24.4 Å². The van der Waals surface area contributed by atoms with Gasteiger partial charge in [0.1, 0.15) is 5.82 Å². The van der Waals surface area contributed by atoms with Crippen molar-refractivity contribution >= 4 is 45.8 Å². The van der Waals surface area contributed by atoms with Crippen molar-refractivity contribution in [2.45, 2.75) is 6.92 Å². The number of rotatable bonds is 1. The number of benzene rings is 1. The van der Waals surface area contributed by atoms with Crippen LogP contribution in [-0.2, 0) is 0 Å². The molecular weight excluding hydrogens is 282 g/mol. The Morgan fingerprint density at radius 2 is 2.06 bits per heavy atom. The molecular formula is C11H11Cl2FN2S. The molecule has 0 saturated heterocycles. The summed E-state index contributed by atoms with van der Waals surface area (Å²) in [6.45, 7) is 2.93. The van der Waals surface area contributed by atoms with E-state index in [9.17, 15) is 4.39 Å². The molecule has 0 spiro atoms. The van der Waals surface area contributed by atoms with Crippen molar-refractivity contribution in [2.24, 2.45) is 10.9 Å². The molecule has 6 heteroatoms. The fourth-order valence-electron chi connectivity index (χ4n) is 1.40. The van der Waals surface area contributed by atoms with Gasteiger partial charge >= 0.3 is 0 Å². The van der Waals surface area contributed by atoms with Crippen LogP contribution in [0, 0.1) is 11.7 Å². The van der Waals surface area contributed by atoms with Gasteiger partial charge in [-0.3, -0.25) is 4.99 Å². The highest BCUT2D eigenvalue weighted by atomic mass is 35.5. The van der Waals surface area contributed by atoms with Gasteiger partial charge < -0.3 is 5.32 Å². The zero-order valence-electron chi connectivity index (χ0n) is 9.14. The van der Waals surface area contributed by atoms with Crippen molar-refractivity contribution in [2.75, 3.05) is 17.6 Å². The van der Waals surface area contributed by atoms with Crippen LogP contribution >= 0.6 is 35.0 Å². The first-order chi connectivity index (χ1) is 8.06. The number of halogens is 3. The molecule has 92 valence electrons. The summed E-state index contributed by atoms with van der Waals surface area (Å²) in [5.74, 6) is 1.13. The lowest BCUT2D eigenvalue weighted by atomic mass is 10.2. The maximum Gasteiger partial charge on any atom is 0.161 e. The van der Waals surface area contributed by atoms with E-state index in [1.807, 2.05) is 0 Å². The predicted molar refractivity (Wildman–Crippen MR) is 74.0 cm³/mol. The molecule has 0 saturated carbocycles. The Kier molecular flexibility index (Phi) is 4.17. The lowest BCUT2D eigenvalue weighted by Gasteiger charge is -2.19. The van der Waals surface area contributed by atoms with Crippen molar-refractivity contribution in [1.29, 1.82) is 0 Å². The second kappa shape index (κ2) is 5.46. The molecule has 1 aliphatic heterocycles. The van der Waals surface area contributed by atoms with Crippen LogP contribution in [0.4, 0.5) is 10.1 Å². The maximum atomic E-state index is 13.0. The zero-order valence-corrected chi connectivity index (χ0v) is 11.5. The number of hydrogen-bond acceptors (Lipinski definition) is 3. The Morgan fingerprint density at radius 1 is 1.41 bits per heavy atom. The third kappa shape index (κ3) is 3.27. The first-order valence-corrected chi connectivity index (χ1v) is 6.89. The second-order valence-electron chi connectivity index (χ2n) is 3.93. The average Bonchev–Trinajstić information content (AvgIpc) is 2.26. The van der Waals surface area contributed by atoms with Crippen LogP contribution in [0.2, 0.25) is 10.0 Å². The molecule has 0 fully saturated rings. The summed E-state index contributed by atoms with van der Waals surface area (Å²) in [5.41, 5.74) is 0.510. The molecule has 0 aromatic heterocycles. The van der Waals surface area contributed by atoms with Gasteiger partial charge in [-0.15, -0.1) is 0 Å². The molecule has 1 aromatic rings. The number of thioether (sulfide) groups is 1. The van der Waals surface area contributed by atoms with Gasteiger partial charge in [0.05, 0.1) is 15.7 Å². The van der Waals surface area contributed by atoms with Crippen LogP contribution in [0.5, 0.6) is 0 Å². The van der Waals surface area contributed by atoms with E-state index < -0.39 is 5.82 Å². The van der Waals surface area contributed by atoms with Gasteiger partial charge in [0.25, 0.3) is 0 Å². The molecule has 1 unspecified atom stereocenters. The standard InChI is InChI=1S/C11H11Cl2FN2S/c1-6-4-15-11(17-5-6)16-10-8(12)2-7(14)3-9(10)13/h2-3,6H,4-5H2,1H3,(H,15,16). The highest BCUT2D eigenvalue weighted by Gasteiger charge is 2.15. The van der Waals surface area contributed by atoms with E-state index >= 15 is 0 Å². The van der Waals surface area contributed by atoms with Crippen LogP contribution in [0.1, 0.15) is 6.92 Å². The van der Waals surface area contributed by atoms with Gasteiger partial charge in [-0.05, 0) is 18.1 Å². The van der Waals surface area contributed by atoms with Crippen molar-refractivity contribution in [3.05, 3.63) is 28.0 Å². The third-order valence-electron chi connectivity index (χ3n) is 2.29. The van der Waals surface area contributed by atoms with Crippen molar-refractivity contribution in [3.8, 4) is 0 Å². The first kappa shape index (κ1) is 13.0. The van der Waals surface area contributed by atoms with Crippen molar-refractivity contribution in [3.63, 3.8) is 0 Å². The van der Waals surface area contributed by atoms with Crippen LogP contribution < -0.4 is 5.32 Å². The van der Waals surface area contributed by atoms with Crippen LogP contribution in [0.3, 0.4) is 0 Å². The quantitative estimate of drug-likeness (QED) is 0.835. The number of anilines is 1. The highest BCUT2D eigenvalue weighted by molar-refractivity contribution is 8.14. The van der Waals surface area contributed by atoms with E-state index in [2.05, 4.69) is 17.2 Å². The van der Waals surface area contributed by atoms with Gasteiger partial charge in [-0.25, -0.2) is 4.39 Å². The van der Waals surface area contributed by atoms with E-state index in [-0.39, 0.29) is 10.0 Å². The van der Waals surface area contributed by atoms with E-state index in [0.29, 0.717) is 11.6 Å². The normalized spacial score (nSPS) is 20.0. The summed E-state index contributed by atoms with van der Waals surface area (Å²) < 4.78 is 13.0. The predicted octanol–water partition coefficient (Wildman–Crippen LogP) is 4.28. The number of nitrogens with one attached hydrogen (secondary N) is 1. The average molecular weight is 293 g/mol. The molecule has 0 aliphatic carbocycles. The molecule has 1 atom stereocenters. The SMILES string of the molecule is CC1CN=C(Nc2c(Cl)cc(F)cc2Cl)SC1. The fourth-order valence-corrected chi connectivity index (χ4v) is 2.85. The van der Waals surface area contributed by atoms with E-state index in [0.717, 1.165) is 17.5 Å². The summed E-state index contributed by atoms with van der Waals surface area (Å²) in [4.78, 5) is 4.37. The van der Waals surface area contributed by atoms with Gasteiger partial charge in [-0.2, -0.15) is 0 Å². The Bertz CT molecular complexity index is 442. The Morgan fingerprint density at radius 3 is 2.59 bits per heavy atom. The van der Waals surface area contributed by atoms with Crippen LogP contribution in [-0.4, -0.2) is 17.5 Å². The van der Waals surface area contributed by atoms with Crippen LogP contribution in [0.25, 0.3) is 0 Å². The molecule has 0 radical (unpaired) electrons. The lowest BCUT2D eigenvalue weighted by Crippen LogP contribution is -2.19. The molecule has 17 heavy (non-hydrogen) atoms. The zero-order chi connectivity index (χ0) is 12.4. The lowest BCUT2D eigenvalue weighted by molar-refractivity contribution is 0.628. The van der Waals surface area contributed by atoms with E-state index in [4.69, 9.17) is 23.2 Å². The van der Waals surface area contributed by atoms with Gasteiger partial charge in [0.2, 0.25) is 0 Å². The molecule has 1 N–H and O–H groups in total. The molecule has 1 aliphatic rings. The molecule has 0 bridgehead atoms. The summed E-state index contributed by atoms with van der Waals surface area (Å²) >= 11 is 13.5. The maximum absolute atomic E-state index is 13.0. The fraction of sp³-hybridized carbons (Fsp3) is 0.364. The van der Waals surface area contributed by atoms with E-state index in [1.165, 1.54) is 12.1 Å². The van der Waals surface area contributed by atoms with Crippen LogP contribution in [0.15, 0.2) is 17.1 Å². The summed E-state index contributed by atoms with van der Waals surface area (Å²) in [7, 11) is 0. The molecule has 2 nitrogen and oxygen atoms in total. The summed E-state index contributed by atoms with van der Waals surface area (Å²) in [6, 6.07) is 2.46. The molecule has 0 amide bonds. The number of nitrogens with zero attached hydrogens (tertiary/aromatic N) is 1. The minimum Gasteiger partial charge on any atom is -0.333 e. The van der Waals surface area contributed by atoms with Gasteiger partial charge in [0.15, 0.2) is 5.17 Å². The third-order valence-corrected chi connectivity index (χ3v) is 4.13. The molecule has 1 heterocycles. The minimum absolute atomic E-state index is 0.261. The minimum atomic E-state index is -0.447. The number of amidine groups is 1. The molecule has 2 rings (SSSR count). The van der Waals surface area contributed by atoms with Gasteiger partial charge in [-0.1, -0.05) is 41.9 Å². The Balaban J connectivity index is 2.19. The molecule has 1 aromatic carbocycles. The van der Waals surface area contributed by atoms with Crippen molar-refractivity contribution in [1.82, 2.24) is 0 Å². The van der Waals surface area contributed by atoms with Crippen molar-refractivity contribution < 1.29 is 4.39 Å². The second-order valence-corrected chi connectivity index (χ2v) is 5.75. The van der Waals surface area contributed by atoms with E-state index in [1.54, 1.807) is 11.8 Å². The monoisotopic (exact) mass is 292 g/mol. The highest BCUT2D eigenvalue weighted by Crippen LogP contribution is 2.32. The largest absolute Gasteiger partial charge is 0.333 e. The summed E-state index contributed by atoms with van der Waals surface area (Å²) in [5, 5.41) is 4.35. The summed E-state index contributed by atoms with van der Waals surface area (Å²) in [6.07, 6.45) is 0. The first-order valence-electron chi connectivity index (χ1n) is 5.15. The smallest absolute Gasteiger partial charge is 0.161 e. The number of aliphatic imine (C=N–C) groups is 1. The Labute approximate surface area is 114 Å². The number of hydrogen-bond donors (Lipinski definition) is 1. The Hall–Kier alpha value is -0.450. The van der Waals surface area contributed by atoms with Gasteiger partial charge in [0, 0.05) is 12.3 Å².